The summed E-state index contributed by atoms with van der Waals surface area (Å²) in [5, 5.41) is 3.70. The molecule has 0 radical (unpaired) electrons. The lowest BCUT2D eigenvalue weighted by Crippen LogP contribution is -2.22. The smallest absolute Gasteiger partial charge is 0.251 e. The molecule has 0 unspecified atom stereocenters. The molecule has 2 aromatic carbocycles. The normalized spacial score (nSPS) is 10.3. The van der Waals surface area contributed by atoms with E-state index in [9.17, 15) is 4.79 Å². The number of rotatable bonds is 4. The Kier molecular flexibility index (Phi) is 5.01. The average molecular weight is 309 g/mol. The zero-order chi connectivity index (χ0) is 14.5. The quantitative estimate of drug-likeness (QED) is 0.909. The number of nitrogens with two attached hydrogens (primary N) is 1. The predicted octanol–water partition coefficient (Wildman–Crippen LogP) is 3.38. The maximum Gasteiger partial charge on any atom is 0.251 e. The highest BCUT2D eigenvalue weighted by atomic mass is 35.5. The van der Waals surface area contributed by atoms with Crippen LogP contribution in [0, 0.1) is 0 Å². The zero-order valence-corrected chi connectivity index (χ0v) is 12.2. The topological polar surface area (TPSA) is 55.1 Å². The number of nitrogens with one attached hydrogen (secondary N) is 1. The van der Waals surface area contributed by atoms with Gasteiger partial charge in [-0.3, -0.25) is 4.79 Å². The molecule has 2 rings (SSSR count). The molecule has 0 aromatic heterocycles. The van der Waals surface area contributed by atoms with Crippen LogP contribution in [-0.2, 0) is 13.1 Å². The van der Waals surface area contributed by atoms with Crippen molar-refractivity contribution in [1.29, 1.82) is 0 Å². The molecule has 3 N–H and O–H groups in total. The number of hydrogen-bond donors (Lipinski definition) is 2. The van der Waals surface area contributed by atoms with E-state index in [1.807, 2.05) is 24.3 Å². The second-order valence-electron chi connectivity index (χ2n) is 4.36. The number of hydrogen-bond acceptors (Lipinski definition) is 2. The Morgan fingerprint density at radius 3 is 2.10 bits per heavy atom. The van der Waals surface area contributed by atoms with E-state index in [0.29, 0.717) is 28.7 Å². The molecule has 0 fully saturated rings. The van der Waals surface area contributed by atoms with Crippen LogP contribution in [0.25, 0.3) is 0 Å². The molecular formula is C15H14Cl2N2O. The van der Waals surface area contributed by atoms with E-state index in [2.05, 4.69) is 5.32 Å². The third kappa shape index (κ3) is 3.97. The fourth-order valence-electron chi connectivity index (χ4n) is 1.76. The number of benzene rings is 2. The van der Waals surface area contributed by atoms with E-state index in [1.165, 1.54) is 0 Å². The third-order valence-corrected chi connectivity index (χ3v) is 3.27. The SMILES string of the molecule is NCc1ccc(CNC(=O)c2cc(Cl)cc(Cl)c2)cc1. The molecule has 0 spiro atoms. The second kappa shape index (κ2) is 6.75. The summed E-state index contributed by atoms with van der Waals surface area (Å²) in [6.45, 7) is 0.946. The molecule has 20 heavy (non-hydrogen) atoms. The second-order valence-corrected chi connectivity index (χ2v) is 5.23. The van der Waals surface area contributed by atoms with Crippen molar-refractivity contribution >= 4 is 29.1 Å². The van der Waals surface area contributed by atoms with E-state index < -0.39 is 0 Å². The Balaban J connectivity index is 2.00. The Hall–Kier alpha value is -1.55. The fraction of sp³-hybridized carbons (Fsp3) is 0.133. The van der Waals surface area contributed by atoms with Crippen LogP contribution >= 0.6 is 23.2 Å². The van der Waals surface area contributed by atoms with Crippen molar-refractivity contribution in [1.82, 2.24) is 5.32 Å². The van der Waals surface area contributed by atoms with Crippen LogP contribution in [0.1, 0.15) is 21.5 Å². The molecule has 0 heterocycles. The first-order chi connectivity index (χ1) is 9.58. The van der Waals surface area contributed by atoms with Crippen LogP contribution in [0.2, 0.25) is 10.0 Å². The number of halogens is 2. The van der Waals surface area contributed by atoms with Crippen molar-refractivity contribution in [2.24, 2.45) is 5.73 Å². The Labute approximate surface area is 127 Å². The first-order valence-electron chi connectivity index (χ1n) is 6.10. The van der Waals surface area contributed by atoms with Gasteiger partial charge in [-0.1, -0.05) is 47.5 Å². The lowest BCUT2D eigenvalue weighted by atomic mass is 10.1. The van der Waals surface area contributed by atoms with E-state index in [4.69, 9.17) is 28.9 Å². The summed E-state index contributed by atoms with van der Waals surface area (Å²) in [6.07, 6.45) is 0. The van der Waals surface area contributed by atoms with Crippen LogP contribution in [0.15, 0.2) is 42.5 Å². The molecule has 0 atom stereocenters. The van der Waals surface area contributed by atoms with Crippen molar-refractivity contribution < 1.29 is 4.79 Å². The zero-order valence-electron chi connectivity index (χ0n) is 10.7. The van der Waals surface area contributed by atoms with Crippen LogP contribution in [0.4, 0.5) is 0 Å². The highest BCUT2D eigenvalue weighted by Crippen LogP contribution is 2.19. The van der Waals surface area contributed by atoms with Crippen LogP contribution in [-0.4, -0.2) is 5.91 Å². The lowest BCUT2D eigenvalue weighted by molar-refractivity contribution is 0.0951. The Bertz CT molecular complexity index is 592. The van der Waals surface area contributed by atoms with Gasteiger partial charge in [0.1, 0.15) is 0 Å². The molecule has 2 aromatic rings. The van der Waals surface area contributed by atoms with Crippen molar-refractivity contribution in [2.75, 3.05) is 0 Å². The molecule has 5 heteroatoms. The van der Waals surface area contributed by atoms with E-state index in [1.54, 1.807) is 18.2 Å². The molecule has 3 nitrogen and oxygen atoms in total. The van der Waals surface area contributed by atoms with Gasteiger partial charge in [0.25, 0.3) is 5.91 Å². The maximum atomic E-state index is 12.0. The molecule has 104 valence electrons. The molecule has 0 aliphatic heterocycles. The standard InChI is InChI=1S/C15H14Cl2N2O/c16-13-5-12(6-14(17)7-13)15(20)19-9-11-3-1-10(8-18)2-4-11/h1-7H,8-9,18H2,(H,19,20). The molecule has 0 aliphatic rings. The molecule has 1 amide bonds. The van der Waals surface area contributed by atoms with Gasteiger partial charge in [0, 0.05) is 28.7 Å². The van der Waals surface area contributed by atoms with Gasteiger partial charge in [0.2, 0.25) is 0 Å². The minimum atomic E-state index is -0.211. The van der Waals surface area contributed by atoms with E-state index >= 15 is 0 Å². The minimum absolute atomic E-state index is 0.211. The summed E-state index contributed by atoms with van der Waals surface area (Å²) < 4.78 is 0. The summed E-state index contributed by atoms with van der Waals surface area (Å²) in [5.41, 5.74) is 8.04. The Morgan fingerprint density at radius 2 is 1.55 bits per heavy atom. The van der Waals surface area contributed by atoms with Gasteiger partial charge in [0.15, 0.2) is 0 Å². The highest BCUT2D eigenvalue weighted by molar-refractivity contribution is 6.35. The lowest BCUT2D eigenvalue weighted by Gasteiger charge is -2.07. The van der Waals surface area contributed by atoms with Crippen LogP contribution < -0.4 is 11.1 Å². The summed E-state index contributed by atoms with van der Waals surface area (Å²) in [6, 6.07) is 12.5. The number of amides is 1. The van der Waals surface area contributed by atoms with E-state index in [-0.39, 0.29) is 5.91 Å². The van der Waals surface area contributed by atoms with Crippen LogP contribution in [0.3, 0.4) is 0 Å². The monoisotopic (exact) mass is 308 g/mol. The Morgan fingerprint density at radius 1 is 1.00 bits per heavy atom. The van der Waals surface area contributed by atoms with Gasteiger partial charge >= 0.3 is 0 Å². The van der Waals surface area contributed by atoms with Gasteiger partial charge in [-0.05, 0) is 29.3 Å². The molecule has 0 aliphatic carbocycles. The first kappa shape index (κ1) is 14.9. The molecule has 0 bridgehead atoms. The van der Waals surface area contributed by atoms with Crippen LogP contribution in [0.5, 0.6) is 0 Å². The molecule has 0 saturated carbocycles. The minimum Gasteiger partial charge on any atom is -0.348 e. The van der Waals surface area contributed by atoms with Gasteiger partial charge < -0.3 is 11.1 Å². The third-order valence-electron chi connectivity index (χ3n) is 2.84. The van der Waals surface area contributed by atoms with Gasteiger partial charge in [-0.2, -0.15) is 0 Å². The fourth-order valence-corrected chi connectivity index (χ4v) is 2.29. The van der Waals surface area contributed by atoms with Gasteiger partial charge in [0.05, 0.1) is 0 Å². The van der Waals surface area contributed by atoms with Crippen molar-refractivity contribution in [2.45, 2.75) is 13.1 Å². The van der Waals surface area contributed by atoms with Crippen molar-refractivity contribution in [3.63, 3.8) is 0 Å². The maximum absolute atomic E-state index is 12.0. The number of carbonyl (C=O) groups is 1. The molecular weight excluding hydrogens is 295 g/mol. The number of carbonyl (C=O) groups excluding carboxylic acids is 1. The average Bonchev–Trinajstić information content (AvgIpc) is 2.44. The summed E-state index contributed by atoms with van der Waals surface area (Å²) >= 11 is 11.7. The first-order valence-corrected chi connectivity index (χ1v) is 6.86. The van der Waals surface area contributed by atoms with E-state index in [0.717, 1.165) is 11.1 Å². The largest absolute Gasteiger partial charge is 0.348 e. The summed E-state index contributed by atoms with van der Waals surface area (Å²) in [4.78, 5) is 12.0. The summed E-state index contributed by atoms with van der Waals surface area (Å²) in [7, 11) is 0. The predicted molar refractivity (Wildman–Crippen MR) is 82.0 cm³/mol. The van der Waals surface area contributed by atoms with Crippen molar-refractivity contribution in [3.05, 3.63) is 69.2 Å². The highest BCUT2D eigenvalue weighted by Gasteiger charge is 2.07. The van der Waals surface area contributed by atoms with Gasteiger partial charge in [-0.15, -0.1) is 0 Å². The molecule has 0 saturated heterocycles. The summed E-state index contributed by atoms with van der Waals surface area (Å²) in [5.74, 6) is -0.211. The van der Waals surface area contributed by atoms with Crippen molar-refractivity contribution in [3.8, 4) is 0 Å². The van der Waals surface area contributed by atoms with Gasteiger partial charge in [-0.25, -0.2) is 0 Å².